The molecule has 4 heteroatoms. The topological polar surface area (TPSA) is 32.8 Å². The number of piperazine rings is 1. The molecule has 1 amide bonds. The number of nitrogens with zero attached hydrogens (tertiary/aromatic N) is 2. The van der Waals surface area contributed by atoms with Crippen LogP contribution in [0.1, 0.15) is 32.3 Å². The van der Waals surface area contributed by atoms with Crippen LogP contribution in [0.2, 0.25) is 0 Å². The van der Waals surface area contributed by atoms with Crippen LogP contribution in [-0.2, 0) is 4.79 Å². The normalized spacial score (nSPS) is 16.3. The average molecular weight is 290 g/mol. The minimum absolute atomic E-state index is 0.0873. The van der Waals surface area contributed by atoms with Crippen LogP contribution in [0.4, 0.5) is 0 Å². The van der Waals surface area contributed by atoms with Crippen LogP contribution in [0.3, 0.4) is 0 Å². The van der Waals surface area contributed by atoms with Gasteiger partial charge in [-0.1, -0.05) is 39.0 Å². The van der Waals surface area contributed by atoms with Gasteiger partial charge < -0.3 is 14.5 Å². The fraction of sp³-hybridized carbons (Fsp3) is 0.588. The SMILES string of the molecule is CCN1CCN(C(=O)COc2ccccc2C(C)C)CC1. The summed E-state index contributed by atoms with van der Waals surface area (Å²) in [6.45, 7) is 11.2. The van der Waals surface area contributed by atoms with Crippen LogP contribution in [0.5, 0.6) is 5.75 Å². The summed E-state index contributed by atoms with van der Waals surface area (Å²) in [6, 6.07) is 7.96. The molecule has 1 saturated heterocycles. The maximum Gasteiger partial charge on any atom is 0.260 e. The van der Waals surface area contributed by atoms with E-state index >= 15 is 0 Å². The lowest BCUT2D eigenvalue weighted by Crippen LogP contribution is -2.49. The molecule has 116 valence electrons. The van der Waals surface area contributed by atoms with Crippen molar-refractivity contribution in [1.82, 2.24) is 9.80 Å². The Bertz CT molecular complexity index is 466. The van der Waals surface area contributed by atoms with Gasteiger partial charge in [-0.25, -0.2) is 0 Å². The van der Waals surface area contributed by atoms with Crippen molar-refractivity contribution in [3.8, 4) is 5.75 Å². The highest BCUT2D eigenvalue weighted by atomic mass is 16.5. The van der Waals surface area contributed by atoms with E-state index in [1.54, 1.807) is 0 Å². The molecule has 0 bridgehead atoms. The number of ether oxygens (including phenoxy) is 1. The first-order valence-electron chi connectivity index (χ1n) is 7.83. The molecule has 0 aliphatic carbocycles. The molecule has 2 rings (SSSR count). The second kappa shape index (κ2) is 7.46. The fourth-order valence-corrected chi connectivity index (χ4v) is 2.63. The summed E-state index contributed by atoms with van der Waals surface area (Å²) in [4.78, 5) is 16.5. The molecular formula is C17H26N2O2. The molecule has 1 fully saturated rings. The minimum atomic E-state index is 0.0873. The third-order valence-electron chi connectivity index (χ3n) is 4.06. The zero-order valence-corrected chi connectivity index (χ0v) is 13.3. The zero-order valence-electron chi connectivity index (χ0n) is 13.3. The summed E-state index contributed by atoms with van der Waals surface area (Å²) in [6.07, 6.45) is 0. The Hall–Kier alpha value is -1.55. The van der Waals surface area contributed by atoms with Gasteiger partial charge in [-0.3, -0.25) is 4.79 Å². The Kier molecular flexibility index (Phi) is 5.62. The number of carbonyl (C=O) groups excluding carboxylic acids is 1. The Morgan fingerprint density at radius 2 is 1.86 bits per heavy atom. The molecule has 0 N–H and O–H groups in total. The summed E-state index contributed by atoms with van der Waals surface area (Å²) in [5.74, 6) is 1.31. The number of benzene rings is 1. The lowest BCUT2D eigenvalue weighted by Gasteiger charge is -2.34. The van der Waals surface area contributed by atoms with Gasteiger partial charge in [0.15, 0.2) is 6.61 Å². The van der Waals surface area contributed by atoms with E-state index in [4.69, 9.17) is 4.74 Å². The molecule has 1 aliphatic rings. The summed E-state index contributed by atoms with van der Waals surface area (Å²) >= 11 is 0. The summed E-state index contributed by atoms with van der Waals surface area (Å²) in [5.41, 5.74) is 1.15. The summed E-state index contributed by atoms with van der Waals surface area (Å²) in [7, 11) is 0. The Morgan fingerprint density at radius 1 is 1.19 bits per heavy atom. The minimum Gasteiger partial charge on any atom is -0.483 e. The highest BCUT2D eigenvalue weighted by Gasteiger charge is 2.20. The van der Waals surface area contributed by atoms with Gasteiger partial charge in [0.1, 0.15) is 5.75 Å². The average Bonchev–Trinajstić information content (AvgIpc) is 2.52. The fourth-order valence-electron chi connectivity index (χ4n) is 2.63. The molecule has 0 aromatic heterocycles. The highest BCUT2D eigenvalue weighted by molar-refractivity contribution is 5.78. The zero-order chi connectivity index (χ0) is 15.2. The van der Waals surface area contributed by atoms with E-state index in [-0.39, 0.29) is 12.5 Å². The van der Waals surface area contributed by atoms with Gasteiger partial charge >= 0.3 is 0 Å². The molecular weight excluding hydrogens is 264 g/mol. The molecule has 1 aromatic carbocycles. The van der Waals surface area contributed by atoms with E-state index in [1.165, 1.54) is 0 Å². The molecule has 0 saturated carbocycles. The quantitative estimate of drug-likeness (QED) is 0.834. The van der Waals surface area contributed by atoms with Crippen molar-refractivity contribution in [1.29, 1.82) is 0 Å². The number of carbonyl (C=O) groups is 1. The van der Waals surface area contributed by atoms with Gasteiger partial charge in [0.2, 0.25) is 0 Å². The molecule has 1 aromatic rings. The lowest BCUT2D eigenvalue weighted by atomic mass is 10.0. The van der Waals surface area contributed by atoms with Crippen molar-refractivity contribution in [2.75, 3.05) is 39.3 Å². The third kappa shape index (κ3) is 4.21. The number of likely N-dealkylation sites (N-methyl/N-ethyl adjacent to an activating group) is 1. The molecule has 0 spiro atoms. The largest absolute Gasteiger partial charge is 0.483 e. The van der Waals surface area contributed by atoms with E-state index in [1.807, 2.05) is 23.1 Å². The smallest absolute Gasteiger partial charge is 0.260 e. The van der Waals surface area contributed by atoms with Gasteiger partial charge in [0, 0.05) is 26.2 Å². The Morgan fingerprint density at radius 3 is 2.48 bits per heavy atom. The van der Waals surface area contributed by atoms with Gasteiger partial charge in [-0.2, -0.15) is 0 Å². The second-order valence-electron chi connectivity index (χ2n) is 5.80. The predicted molar refractivity (Wildman–Crippen MR) is 84.7 cm³/mol. The number of para-hydroxylation sites is 1. The van der Waals surface area contributed by atoms with Crippen molar-refractivity contribution in [2.24, 2.45) is 0 Å². The number of hydrogen-bond donors (Lipinski definition) is 0. The molecule has 0 unspecified atom stereocenters. The summed E-state index contributed by atoms with van der Waals surface area (Å²) in [5, 5.41) is 0. The number of amides is 1. The van der Waals surface area contributed by atoms with E-state index in [2.05, 4.69) is 31.7 Å². The van der Waals surface area contributed by atoms with Crippen molar-refractivity contribution < 1.29 is 9.53 Å². The molecule has 4 nitrogen and oxygen atoms in total. The summed E-state index contributed by atoms with van der Waals surface area (Å²) < 4.78 is 5.76. The van der Waals surface area contributed by atoms with Crippen LogP contribution in [-0.4, -0.2) is 55.0 Å². The number of rotatable bonds is 5. The maximum atomic E-state index is 12.2. The van der Waals surface area contributed by atoms with Crippen LogP contribution in [0.15, 0.2) is 24.3 Å². The monoisotopic (exact) mass is 290 g/mol. The first kappa shape index (κ1) is 15.8. The molecule has 0 atom stereocenters. The van der Waals surface area contributed by atoms with Gasteiger partial charge in [-0.05, 0) is 24.1 Å². The van der Waals surface area contributed by atoms with E-state index in [9.17, 15) is 4.79 Å². The molecule has 0 radical (unpaired) electrons. The molecule has 1 aliphatic heterocycles. The van der Waals surface area contributed by atoms with Crippen LogP contribution < -0.4 is 4.74 Å². The second-order valence-corrected chi connectivity index (χ2v) is 5.80. The Labute approximate surface area is 127 Å². The standard InChI is InChI=1S/C17H26N2O2/c1-4-18-9-11-19(12-10-18)17(20)13-21-16-8-6-5-7-15(16)14(2)3/h5-8,14H,4,9-13H2,1-3H3. The van der Waals surface area contributed by atoms with E-state index < -0.39 is 0 Å². The number of hydrogen-bond acceptors (Lipinski definition) is 3. The van der Waals surface area contributed by atoms with Crippen LogP contribution in [0, 0.1) is 0 Å². The van der Waals surface area contributed by atoms with Gasteiger partial charge in [-0.15, -0.1) is 0 Å². The third-order valence-corrected chi connectivity index (χ3v) is 4.06. The first-order chi connectivity index (χ1) is 10.1. The van der Waals surface area contributed by atoms with Gasteiger partial charge in [0.05, 0.1) is 0 Å². The van der Waals surface area contributed by atoms with Crippen LogP contribution in [0.25, 0.3) is 0 Å². The van der Waals surface area contributed by atoms with E-state index in [0.717, 1.165) is 44.0 Å². The van der Waals surface area contributed by atoms with Gasteiger partial charge in [0.25, 0.3) is 5.91 Å². The van der Waals surface area contributed by atoms with Crippen LogP contribution >= 0.6 is 0 Å². The predicted octanol–water partition coefficient (Wildman–Crippen LogP) is 2.35. The van der Waals surface area contributed by atoms with Crippen molar-refractivity contribution in [3.05, 3.63) is 29.8 Å². The first-order valence-corrected chi connectivity index (χ1v) is 7.83. The Balaban J connectivity index is 1.87. The molecule has 21 heavy (non-hydrogen) atoms. The molecule has 1 heterocycles. The lowest BCUT2D eigenvalue weighted by molar-refractivity contribution is -0.135. The van der Waals surface area contributed by atoms with E-state index in [0.29, 0.717) is 5.92 Å². The van der Waals surface area contributed by atoms with Crippen molar-refractivity contribution >= 4 is 5.91 Å². The highest BCUT2D eigenvalue weighted by Crippen LogP contribution is 2.25. The van der Waals surface area contributed by atoms with Crippen molar-refractivity contribution in [3.63, 3.8) is 0 Å². The van der Waals surface area contributed by atoms with Crippen molar-refractivity contribution in [2.45, 2.75) is 26.7 Å². The maximum absolute atomic E-state index is 12.2.